The maximum absolute atomic E-state index is 12.7. The van der Waals surface area contributed by atoms with Crippen LogP contribution in [0.2, 0.25) is 0 Å². The minimum Gasteiger partial charge on any atom is -0.486 e. The molecule has 4 rings (SSSR count). The molecule has 2 aromatic carbocycles. The van der Waals surface area contributed by atoms with Crippen LogP contribution >= 0.6 is 0 Å². The highest BCUT2D eigenvalue weighted by atomic mass is 16.5. The zero-order chi connectivity index (χ0) is 20.6. The molecular weight excluding hydrogens is 366 g/mol. The van der Waals surface area contributed by atoms with E-state index in [9.17, 15) is 9.59 Å². The van der Waals surface area contributed by atoms with Gasteiger partial charge in [-0.1, -0.05) is 24.3 Å². The smallest absolute Gasteiger partial charge is 0.260 e. The number of ether oxygens (including phenoxy) is 2. The van der Waals surface area contributed by atoms with E-state index in [1.165, 1.54) is 0 Å². The van der Waals surface area contributed by atoms with E-state index in [1.807, 2.05) is 56.0 Å². The molecule has 2 aliphatic heterocycles. The maximum Gasteiger partial charge on any atom is 0.260 e. The van der Waals surface area contributed by atoms with Crippen molar-refractivity contribution in [2.75, 3.05) is 19.7 Å². The largest absolute Gasteiger partial charge is 0.486 e. The Hall–Kier alpha value is -2.82. The second kappa shape index (κ2) is 7.54. The van der Waals surface area contributed by atoms with Crippen molar-refractivity contribution in [3.05, 3.63) is 58.7 Å². The van der Waals surface area contributed by atoms with E-state index in [1.54, 1.807) is 0 Å². The number of likely N-dealkylation sites (tertiary alicyclic amines) is 1. The lowest BCUT2D eigenvalue weighted by molar-refractivity contribution is -0.136. The summed E-state index contributed by atoms with van der Waals surface area (Å²) >= 11 is 0. The summed E-state index contributed by atoms with van der Waals surface area (Å²) in [4.78, 5) is 27.1. The van der Waals surface area contributed by atoms with Gasteiger partial charge in [-0.15, -0.1) is 0 Å². The number of piperidine rings is 1. The fourth-order valence-corrected chi connectivity index (χ4v) is 4.26. The Morgan fingerprint density at radius 1 is 1.07 bits per heavy atom. The lowest BCUT2D eigenvalue weighted by atomic mass is 9.82. The lowest BCUT2D eigenvalue weighted by Crippen LogP contribution is -2.53. The standard InChI is InChI=1S/C24H27NO4/c1-16-8-9-17(2)23(18(16)3)28-15-22(27)25-12-10-24(11-13-25)14-20(26)19-6-4-5-7-21(19)29-24/h4-9H,10-15H2,1-3H3. The maximum atomic E-state index is 12.7. The Bertz CT molecular complexity index is 957. The Morgan fingerprint density at radius 2 is 1.76 bits per heavy atom. The van der Waals surface area contributed by atoms with E-state index >= 15 is 0 Å². The van der Waals surface area contributed by atoms with Crippen molar-refractivity contribution in [2.45, 2.75) is 45.6 Å². The molecule has 2 aromatic rings. The van der Waals surface area contributed by atoms with Crippen molar-refractivity contribution in [2.24, 2.45) is 0 Å². The number of hydrogen-bond donors (Lipinski definition) is 0. The second-order valence-electron chi connectivity index (χ2n) is 8.20. The highest BCUT2D eigenvalue weighted by Gasteiger charge is 2.43. The number of para-hydroxylation sites is 1. The zero-order valence-corrected chi connectivity index (χ0v) is 17.3. The van der Waals surface area contributed by atoms with E-state index in [-0.39, 0.29) is 18.3 Å². The predicted octanol–water partition coefficient (Wildman–Crippen LogP) is 4.02. The van der Waals surface area contributed by atoms with Crippen molar-refractivity contribution in [3.8, 4) is 11.5 Å². The molecule has 5 nitrogen and oxygen atoms in total. The number of ketones is 1. The summed E-state index contributed by atoms with van der Waals surface area (Å²) in [5.41, 5.74) is 3.42. The average molecular weight is 393 g/mol. The summed E-state index contributed by atoms with van der Waals surface area (Å²) in [6.45, 7) is 7.22. The van der Waals surface area contributed by atoms with Gasteiger partial charge < -0.3 is 14.4 Å². The van der Waals surface area contributed by atoms with Gasteiger partial charge >= 0.3 is 0 Å². The van der Waals surface area contributed by atoms with E-state index in [2.05, 4.69) is 6.07 Å². The monoisotopic (exact) mass is 393 g/mol. The fraction of sp³-hybridized carbons (Fsp3) is 0.417. The van der Waals surface area contributed by atoms with Gasteiger partial charge in [0.15, 0.2) is 12.4 Å². The van der Waals surface area contributed by atoms with Gasteiger partial charge in [-0.05, 0) is 49.6 Å². The second-order valence-corrected chi connectivity index (χ2v) is 8.20. The summed E-state index contributed by atoms with van der Waals surface area (Å²) in [6, 6.07) is 11.5. The third-order valence-corrected chi connectivity index (χ3v) is 6.24. The van der Waals surface area contributed by atoms with Crippen molar-refractivity contribution in [1.29, 1.82) is 0 Å². The van der Waals surface area contributed by atoms with Crippen LogP contribution in [-0.4, -0.2) is 41.9 Å². The first kappa shape index (κ1) is 19.5. The first-order valence-corrected chi connectivity index (χ1v) is 10.2. The molecule has 0 aliphatic carbocycles. The van der Waals surface area contributed by atoms with Crippen LogP contribution in [0.3, 0.4) is 0 Å². The molecule has 1 spiro atoms. The van der Waals surface area contributed by atoms with Crippen LogP contribution in [0.15, 0.2) is 36.4 Å². The molecule has 2 aliphatic rings. The van der Waals surface area contributed by atoms with Crippen molar-refractivity contribution < 1.29 is 19.1 Å². The molecule has 0 atom stereocenters. The molecule has 0 aromatic heterocycles. The third kappa shape index (κ3) is 3.74. The van der Waals surface area contributed by atoms with Gasteiger partial charge in [0.2, 0.25) is 0 Å². The van der Waals surface area contributed by atoms with Crippen molar-refractivity contribution >= 4 is 11.7 Å². The van der Waals surface area contributed by atoms with E-state index in [0.29, 0.717) is 43.7 Å². The lowest BCUT2D eigenvalue weighted by Gasteiger charge is -2.43. The first-order chi connectivity index (χ1) is 13.9. The molecule has 1 amide bonds. The number of aryl methyl sites for hydroxylation is 2. The van der Waals surface area contributed by atoms with Gasteiger partial charge in [0.25, 0.3) is 5.91 Å². The van der Waals surface area contributed by atoms with Gasteiger partial charge in [-0.3, -0.25) is 9.59 Å². The normalized spacial score (nSPS) is 17.6. The third-order valence-electron chi connectivity index (χ3n) is 6.24. The molecule has 5 heteroatoms. The molecule has 0 unspecified atom stereocenters. The van der Waals surface area contributed by atoms with Crippen LogP contribution in [0, 0.1) is 20.8 Å². The van der Waals surface area contributed by atoms with Crippen LogP contribution < -0.4 is 9.47 Å². The summed E-state index contributed by atoms with van der Waals surface area (Å²) < 4.78 is 12.1. The molecule has 0 bridgehead atoms. The fourth-order valence-electron chi connectivity index (χ4n) is 4.26. The molecule has 0 radical (unpaired) electrons. The van der Waals surface area contributed by atoms with Crippen molar-refractivity contribution in [3.63, 3.8) is 0 Å². The number of carbonyl (C=O) groups excluding carboxylic acids is 2. The van der Waals surface area contributed by atoms with Crippen LogP contribution in [0.1, 0.15) is 46.3 Å². The van der Waals surface area contributed by atoms with Crippen LogP contribution in [-0.2, 0) is 4.79 Å². The summed E-state index contributed by atoms with van der Waals surface area (Å²) in [5, 5.41) is 0. The number of nitrogens with zero attached hydrogens (tertiary/aromatic N) is 1. The minimum atomic E-state index is -0.493. The predicted molar refractivity (Wildman–Crippen MR) is 111 cm³/mol. The minimum absolute atomic E-state index is 0.0253. The quantitative estimate of drug-likeness (QED) is 0.790. The number of fused-ring (bicyclic) bond motifs is 1. The molecule has 1 fully saturated rings. The van der Waals surface area contributed by atoms with Gasteiger partial charge in [0.05, 0.1) is 12.0 Å². The molecule has 2 heterocycles. The number of hydrogen-bond acceptors (Lipinski definition) is 4. The van der Waals surface area contributed by atoms with Crippen LogP contribution in [0.4, 0.5) is 0 Å². The summed E-state index contributed by atoms with van der Waals surface area (Å²) in [6.07, 6.45) is 1.69. The molecule has 1 saturated heterocycles. The number of benzene rings is 2. The molecule has 152 valence electrons. The van der Waals surface area contributed by atoms with E-state index < -0.39 is 5.60 Å². The Morgan fingerprint density at radius 3 is 2.52 bits per heavy atom. The Kier molecular flexibility index (Phi) is 5.07. The SMILES string of the molecule is Cc1ccc(C)c(OCC(=O)N2CCC3(CC2)CC(=O)c2ccccc2O3)c1C. The summed E-state index contributed by atoms with van der Waals surface area (Å²) in [5.74, 6) is 1.56. The number of rotatable bonds is 3. The molecule has 0 saturated carbocycles. The van der Waals surface area contributed by atoms with Gasteiger partial charge in [-0.25, -0.2) is 0 Å². The van der Waals surface area contributed by atoms with Gasteiger partial charge in [0, 0.05) is 25.9 Å². The Balaban J connectivity index is 1.37. The van der Waals surface area contributed by atoms with E-state index in [0.717, 1.165) is 22.4 Å². The number of amides is 1. The molecule has 0 N–H and O–H groups in total. The van der Waals surface area contributed by atoms with Crippen LogP contribution in [0.25, 0.3) is 0 Å². The highest BCUT2D eigenvalue weighted by Crippen LogP contribution is 2.39. The highest BCUT2D eigenvalue weighted by molar-refractivity contribution is 6.00. The molecule has 29 heavy (non-hydrogen) atoms. The topological polar surface area (TPSA) is 55.8 Å². The first-order valence-electron chi connectivity index (χ1n) is 10.2. The van der Waals surface area contributed by atoms with Gasteiger partial charge in [-0.2, -0.15) is 0 Å². The Labute approximate surface area is 171 Å². The van der Waals surface area contributed by atoms with Gasteiger partial charge in [0.1, 0.15) is 17.1 Å². The zero-order valence-electron chi connectivity index (χ0n) is 17.3. The number of carbonyl (C=O) groups is 2. The average Bonchev–Trinajstić information content (AvgIpc) is 2.71. The molecular formula is C24H27NO4. The number of Topliss-reactive ketones (excluding diaryl/α,β-unsaturated/α-hetero) is 1. The van der Waals surface area contributed by atoms with Crippen LogP contribution in [0.5, 0.6) is 11.5 Å². The van der Waals surface area contributed by atoms with E-state index in [4.69, 9.17) is 9.47 Å². The summed E-state index contributed by atoms with van der Waals surface area (Å²) in [7, 11) is 0. The van der Waals surface area contributed by atoms with Crippen molar-refractivity contribution in [1.82, 2.24) is 4.90 Å².